The predicted molar refractivity (Wildman–Crippen MR) is 188 cm³/mol. The van der Waals surface area contributed by atoms with E-state index in [1.54, 1.807) is 18.2 Å². The van der Waals surface area contributed by atoms with Gasteiger partial charge in [0, 0.05) is 28.2 Å². The van der Waals surface area contributed by atoms with E-state index in [0.29, 0.717) is 54.0 Å². The first kappa shape index (κ1) is 31.5. The standard InChI is InChI=1S/C38H32F2N6O4S/c1-18-16-20-17-28(51-34(20)35(41-18)43-25-14-11-23-22(25)10-12-24(40)33(23)49-2)30-29(36-44-45-38(48)50-36)26(13-7-19-5-8-21(39)9-6-19)42-32-27-4-3-15-46(27)37(47)31(30)32/h5-6,8-10,12,16-17,25,27H,3-4,7,11,13-15H2,1-2H3,(H,41,43)(H,45,48)/t25-,27+/m0/s1. The number of amides is 1. The lowest BCUT2D eigenvalue weighted by Gasteiger charge is -2.17. The summed E-state index contributed by atoms with van der Waals surface area (Å²) in [5, 5.41) is 11.2. The monoisotopic (exact) mass is 706 g/mol. The lowest BCUT2D eigenvalue weighted by Crippen LogP contribution is -2.22. The van der Waals surface area contributed by atoms with Crippen LogP contribution in [0.3, 0.4) is 0 Å². The fraction of sp³-hybridized carbons (Fsp3) is 0.289. The van der Waals surface area contributed by atoms with E-state index in [4.69, 9.17) is 19.1 Å². The van der Waals surface area contributed by atoms with Crippen LogP contribution in [0, 0.1) is 18.6 Å². The normalized spacial score (nSPS) is 17.6. The number of halogens is 2. The second-order valence-corrected chi connectivity index (χ2v) is 14.3. The summed E-state index contributed by atoms with van der Waals surface area (Å²) >= 11 is 1.49. The Bertz CT molecular complexity index is 2440. The molecule has 6 heterocycles. The molecule has 0 spiro atoms. The van der Waals surface area contributed by atoms with E-state index in [-0.39, 0.29) is 41.3 Å². The van der Waals surface area contributed by atoms with Crippen molar-refractivity contribution >= 4 is 33.1 Å². The van der Waals surface area contributed by atoms with Crippen LogP contribution in [-0.2, 0) is 19.3 Å². The van der Waals surface area contributed by atoms with Gasteiger partial charge in [0.15, 0.2) is 11.6 Å². The molecule has 4 aromatic heterocycles. The lowest BCUT2D eigenvalue weighted by atomic mass is 9.93. The number of rotatable bonds is 8. The van der Waals surface area contributed by atoms with Crippen LogP contribution < -0.4 is 15.8 Å². The maximum Gasteiger partial charge on any atom is 0.434 e. The summed E-state index contributed by atoms with van der Waals surface area (Å²) < 4.78 is 40.1. The van der Waals surface area contributed by atoms with Gasteiger partial charge in [-0.3, -0.25) is 9.78 Å². The molecule has 1 fully saturated rings. The Hall–Kier alpha value is -5.43. The fourth-order valence-corrected chi connectivity index (χ4v) is 9.19. The number of thiophene rings is 1. The molecule has 3 aliphatic rings. The van der Waals surface area contributed by atoms with E-state index >= 15 is 0 Å². The summed E-state index contributed by atoms with van der Waals surface area (Å²) in [7, 11) is 1.49. The molecular weight excluding hydrogens is 675 g/mol. The molecule has 51 heavy (non-hydrogen) atoms. The van der Waals surface area contributed by atoms with E-state index in [2.05, 4.69) is 15.5 Å². The molecule has 1 saturated heterocycles. The Kier molecular flexibility index (Phi) is 7.49. The van der Waals surface area contributed by atoms with Crippen molar-refractivity contribution in [2.75, 3.05) is 19.0 Å². The van der Waals surface area contributed by atoms with Gasteiger partial charge in [-0.15, -0.1) is 16.4 Å². The molecule has 0 bridgehead atoms. The van der Waals surface area contributed by atoms with Crippen molar-refractivity contribution in [3.05, 3.63) is 110 Å². The minimum atomic E-state index is -0.719. The molecule has 0 saturated carbocycles. The van der Waals surface area contributed by atoms with Crippen molar-refractivity contribution in [3.63, 3.8) is 0 Å². The van der Waals surface area contributed by atoms with Crippen molar-refractivity contribution in [2.24, 2.45) is 0 Å². The Morgan fingerprint density at radius 3 is 2.67 bits per heavy atom. The number of hydrogen-bond acceptors (Lipinski definition) is 9. The van der Waals surface area contributed by atoms with Gasteiger partial charge in [0.1, 0.15) is 11.6 Å². The molecule has 2 N–H and O–H groups in total. The average molecular weight is 707 g/mol. The van der Waals surface area contributed by atoms with Gasteiger partial charge in [-0.2, -0.15) is 0 Å². The van der Waals surface area contributed by atoms with Gasteiger partial charge in [-0.1, -0.05) is 18.2 Å². The summed E-state index contributed by atoms with van der Waals surface area (Å²) in [4.78, 5) is 39.3. The number of methoxy groups -OCH3 is 1. The number of carbonyl (C=O) groups is 1. The van der Waals surface area contributed by atoms with E-state index in [0.717, 1.165) is 62.3 Å². The van der Waals surface area contributed by atoms with E-state index in [9.17, 15) is 18.4 Å². The van der Waals surface area contributed by atoms with Crippen LogP contribution in [0.2, 0.25) is 0 Å². The number of nitrogens with one attached hydrogen (secondary N) is 2. The molecule has 2 atom stereocenters. The molecule has 13 heteroatoms. The highest BCUT2D eigenvalue weighted by Crippen LogP contribution is 2.51. The molecule has 1 amide bonds. The Morgan fingerprint density at radius 1 is 1.04 bits per heavy atom. The van der Waals surface area contributed by atoms with Gasteiger partial charge < -0.3 is 19.4 Å². The van der Waals surface area contributed by atoms with Gasteiger partial charge in [0.25, 0.3) is 11.8 Å². The molecule has 2 aromatic carbocycles. The molecular formula is C38H32F2N6O4S. The number of aryl methyl sites for hydroxylation is 3. The summed E-state index contributed by atoms with van der Waals surface area (Å²) in [6, 6.07) is 13.4. The Balaban J connectivity index is 1.21. The van der Waals surface area contributed by atoms with Crippen molar-refractivity contribution < 1.29 is 22.7 Å². The Labute approximate surface area is 294 Å². The summed E-state index contributed by atoms with van der Waals surface area (Å²) in [6.45, 7) is 2.57. The molecule has 6 aromatic rings. The minimum Gasteiger partial charge on any atom is -0.493 e. The maximum absolute atomic E-state index is 14.5. The SMILES string of the molecule is COc1c(F)ccc2c1CC[C@@H]2Nc1nc(C)cc2cc(-c3c4c(nc(CCc5ccc(F)cc5)c3-c3n[nH]c(=O)o3)[C@H]3CCCN3C4=O)sc12. The van der Waals surface area contributed by atoms with Crippen LogP contribution in [0.15, 0.2) is 57.7 Å². The van der Waals surface area contributed by atoms with Gasteiger partial charge in [-0.05, 0) is 92.3 Å². The first-order chi connectivity index (χ1) is 24.8. The van der Waals surface area contributed by atoms with Crippen molar-refractivity contribution in [1.82, 2.24) is 25.1 Å². The number of aromatic nitrogens is 4. The largest absolute Gasteiger partial charge is 0.493 e. The average Bonchev–Trinajstić information content (AvgIpc) is 3.96. The number of benzene rings is 2. The van der Waals surface area contributed by atoms with Gasteiger partial charge in [0.2, 0.25) is 0 Å². The minimum absolute atomic E-state index is 0.0492. The maximum atomic E-state index is 14.5. The third kappa shape index (κ3) is 5.21. The third-order valence-corrected chi connectivity index (χ3v) is 11.4. The first-order valence-corrected chi connectivity index (χ1v) is 17.8. The number of fused-ring (bicyclic) bond motifs is 5. The zero-order valence-corrected chi connectivity index (χ0v) is 28.6. The molecule has 258 valence electrons. The molecule has 10 nitrogen and oxygen atoms in total. The van der Waals surface area contributed by atoms with Crippen LogP contribution in [-0.4, -0.2) is 44.6 Å². The highest BCUT2D eigenvalue weighted by Gasteiger charge is 2.45. The van der Waals surface area contributed by atoms with Gasteiger partial charge in [-0.25, -0.2) is 23.7 Å². The summed E-state index contributed by atoms with van der Waals surface area (Å²) in [5.41, 5.74) is 6.51. The number of nitrogens with zero attached hydrogens (tertiary/aromatic N) is 4. The van der Waals surface area contributed by atoms with E-state index < -0.39 is 5.76 Å². The topological polar surface area (TPSA) is 126 Å². The number of carbonyl (C=O) groups excluding carboxylic acids is 1. The number of aromatic amines is 1. The van der Waals surface area contributed by atoms with Crippen LogP contribution in [0.4, 0.5) is 14.6 Å². The van der Waals surface area contributed by atoms with E-state index in [1.165, 1.54) is 36.6 Å². The number of pyridine rings is 2. The lowest BCUT2D eigenvalue weighted by molar-refractivity contribution is 0.0776. The van der Waals surface area contributed by atoms with Crippen molar-refractivity contribution in [3.8, 4) is 27.6 Å². The van der Waals surface area contributed by atoms with Gasteiger partial charge in [0.05, 0.1) is 46.4 Å². The zero-order chi connectivity index (χ0) is 35.0. The smallest absolute Gasteiger partial charge is 0.434 e. The second-order valence-electron chi connectivity index (χ2n) is 13.3. The number of H-pyrrole nitrogens is 1. The Morgan fingerprint density at radius 2 is 1.88 bits per heavy atom. The van der Waals surface area contributed by atoms with Crippen LogP contribution in [0.1, 0.15) is 75.5 Å². The van der Waals surface area contributed by atoms with Crippen LogP contribution in [0.5, 0.6) is 5.75 Å². The van der Waals surface area contributed by atoms with Gasteiger partial charge >= 0.3 is 5.76 Å². The number of hydrogen-bond donors (Lipinski definition) is 2. The number of anilines is 1. The molecule has 9 rings (SSSR count). The fourth-order valence-electron chi connectivity index (χ4n) is 8.04. The third-order valence-electron chi connectivity index (χ3n) is 10.3. The zero-order valence-electron chi connectivity index (χ0n) is 27.8. The number of ether oxygens (including phenoxy) is 1. The molecule has 2 aliphatic heterocycles. The quantitative estimate of drug-likeness (QED) is 0.167. The van der Waals surface area contributed by atoms with Crippen LogP contribution in [0.25, 0.3) is 32.0 Å². The molecule has 0 unspecified atom stereocenters. The van der Waals surface area contributed by atoms with Crippen LogP contribution >= 0.6 is 11.3 Å². The highest BCUT2D eigenvalue weighted by molar-refractivity contribution is 7.23. The highest BCUT2D eigenvalue weighted by atomic mass is 32.1. The summed E-state index contributed by atoms with van der Waals surface area (Å²) in [5.74, 6) is -0.502. The van der Waals surface area contributed by atoms with Crippen molar-refractivity contribution in [2.45, 2.75) is 57.5 Å². The predicted octanol–water partition coefficient (Wildman–Crippen LogP) is 7.47. The van der Waals surface area contributed by atoms with Crippen molar-refractivity contribution in [1.29, 1.82) is 0 Å². The van der Waals surface area contributed by atoms with E-state index in [1.807, 2.05) is 24.0 Å². The molecule has 0 radical (unpaired) electrons. The summed E-state index contributed by atoms with van der Waals surface area (Å²) in [6.07, 6.45) is 4.08. The second kappa shape index (κ2) is 12.1. The first-order valence-electron chi connectivity index (χ1n) is 17.0. The molecule has 1 aliphatic carbocycles.